The van der Waals surface area contributed by atoms with E-state index in [0.29, 0.717) is 11.5 Å². The van der Waals surface area contributed by atoms with Gasteiger partial charge in [0.1, 0.15) is 0 Å². The van der Waals surface area contributed by atoms with E-state index in [-0.39, 0.29) is 11.9 Å². The fourth-order valence-corrected chi connectivity index (χ4v) is 3.45. The molecule has 1 fully saturated rings. The average molecular weight is 376 g/mol. The van der Waals surface area contributed by atoms with Crippen LogP contribution in [0.3, 0.4) is 0 Å². The van der Waals surface area contributed by atoms with E-state index in [2.05, 4.69) is 25.7 Å². The molecule has 0 radical (unpaired) electrons. The lowest BCUT2D eigenvalue weighted by molar-refractivity contribution is -0.113. The molecule has 2 heterocycles. The molecule has 0 unspecified atom stereocenters. The van der Waals surface area contributed by atoms with Gasteiger partial charge in [-0.05, 0) is 48.5 Å². The highest BCUT2D eigenvalue weighted by atomic mass is 32.2. The van der Waals surface area contributed by atoms with E-state index in [1.54, 1.807) is 4.68 Å². The highest BCUT2D eigenvalue weighted by Gasteiger charge is 2.12. The number of benzene rings is 1. The van der Waals surface area contributed by atoms with Crippen LogP contribution < -0.4 is 10.2 Å². The maximum atomic E-state index is 12.1. The summed E-state index contributed by atoms with van der Waals surface area (Å²) < 4.78 is 7.14. The summed E-state index contributed by atoms with van der Waals surface area (Å²) in [7, 11) is 0. The number of nitrogens with one attached hydrogen (secondary N) is 1. The topological polar surface area (TPSA) is 85.2 Å². The molecule has 9 heteroatoms. The maximum Gasteiger partial charge on any atom is 0.234 e. The summed E-state index contributed by atoms with van der Waals surface area (Å²) in [5.74, 6) is 1.72. The van der Waals surface area contributed by atoms with Crippen LogP contribution in [0, 0.1) is 0 Å². The first-order valence-electron chi connectivity index (χ1n) is 8.70. The van der Waals surface area contributed by atoms with Crippen LogP contribution in [-0.4, -0.2) is 58.2 Å². The third-order valence-corrected chi connectivity index (χ3v) is 4.97. The van der Waals surface area contributed by atoms with Gasteiger partial charge in [0.15, 0.2) is 5.82 Å². The van der Waals surface area contributed by atoms with Gasteiger partial charge in [-0.2, -0.15) is 0 Å². The third kappa shape index (κ3) is 4.95. The lowest BCUT2D eigenvalue weighted by Gasteiger charge is -2.28. The SMILES string of the molecule is CC(C)n1nnnc1CSCC(=O)Nc1ccc(N2CCOCC2)cc1. The Hall–Kier alpha value is -2.13. The molecule has 1 saturated heterocycles. The molecule has 0 atom stereocenters. The van der Waals surface area contributed by atoms with Gasteiger partial charge < -0.3 is 15.0 Å². The molecule has 1 aromatic carbocycles. The number of nitrogens with zero attached hydrogens (tertiary/aromatic N) is 5. The van der Waals surface area contributed by atoms with Crippen LogP contribution in [0.4, 0.5) is 11.4 Å². The second-order valence-corrected chi connectivity index (χ2v) is 7.31. The van der Waals surface area contributed by atoms with Crippen molar-refractivity contribution in [2.75, 3.05) is 42.3 Å². The minimum Gasteiger partial charge on any atom is -0.378 e. The molecule has 140 valence electrons. The number of carbonyl (C=O) groups excluding carboxylic acids is 1. The summed E-state index contributed by atoms with van der Waals surface area (Å²) in [5.41, 5.74) is 1.96. The average Bonchev–Trinajstić information content (AvgIpc) is 3.12. The monoisotopic (exact) mass is 376 g/mol. The van der Waals surface area contributed by atoms with E-state index in [4.69, 9.17) is 4.74 Å². The zero-order chi connectivity index (χ0) is 18.4. The summed E-state index contributed by atoms with van der Waals surface area (Å²) >= 11 is 1.50. The Balaban J connectivity index is 1.45. The fourth-order valence-electron chi connectivity index (χ4n) is 2.72. The molecule has 26 heavy (non-hydrogen) atoms. The molecule has 0 saturated carbocycles. The molecular weight excluding hydrogens is 352 g/mol. The van der Waals surface area contributed by atoms with E-state index in [1.807, 2.05) is 38.1 Å². The highest BCUT2D eigenvalue weighted by molar-refractivity contribution is 7.99. The summed E-state index contributed by atoms with van der Waals surface area (Å²) in [6, 6.07) is 8.15. The summed E-state index contributed by atoms with van der Waals surface area (Å²) in [6.07, 6.45) is 0. The van der Waals surface area contributed by atoms with Crippen LogP contribution in [-0.2, 0) is 15.3 Å². The second kappa shape index (κ2) is 9.00. The predicted molar refractivity (Wildman–Crippen MR) is 102 cm³/mol. The van der Waals surface area contributed by atoms with Crippen molar-refractivity contribution in [3.63, 3.8) is 0 Å². The lowest BCUT2D eigenvalue weighted by Crippen LogP contribution is -2.36. The molecule has 0 spiro atoms. The first kappa shape index (κ1) is 18.7. The molecule has 1 aliphatic heterocycles. The molecule has 1 aromatic heterocycles. The third-order valence-electron chi connectivity index (χ3n) is 4.04. The van der Waals surface area contributed by atoms with E-state index < -0.39 is 0 Å². The van der Waals surface area contributed by atoms with Gasteiger partial charge in [0.2, 0.25) is 5.91 Å². The molecule has 1 amide bonds. The second-order valence-electron chi connectivity index (χ2n) is 6.32. The number of tetrazole rings is 1. The van der Waals surface area contributed by atoms with Crippen molar-refractivity contribution in [2.24, 2.45) is 0 Å². The summed E-state index contributed by atoms with van der Waals surface area (Å²) in [4.78, 5) is 14.4. The maximum absolute atomic E-state index is 12.1. The van der Waals surface area contributed by atoms with Crippen molar-refractivity contribution < 1.29 is 9.53 Å². The van der Waals surface area contributed by atoms with Gasteiger partial charge in [-0.1, -0.05) is 0 Å². The van der Waals surface area contributed by atoms with Crippen molar-refractivity contribution in [1.82, 2.24) is 20.2 Å². The van der Waals surface area contributed by atoms with Crippen molar-refractivity contribution >= 4 is 29.0 Å². The molecule has 8 nitrogen and oxygen atoms in total. The number of amides is 1. The number of morpholine rings is 1. The quantitative estimate of drug-likeness (QED) is 0.791. The fraction of sp³-hybridized carbons (Fsp3) is 0.529. The highest BCUT2D eigenvalue weighted by Crippen LogP contribution is 2.19. The van der Waals surface area contributed by atoms with Gasteiger partial charge in [-0.15, -0.1) is 16.9 Å². The Kier molecular flexibility index (Phi) is 6.45. The zero-order valence-corrected chi connectivity index (χ0v) is 15.9. The van der Waals surface area contributed by atoms with Gasteiger partial charge in [0, 0.05) is 24.5 Å². The van der Waals surface area contributed by atoms with Crippen molar-refractivity contribution in [2.45, 2.75) is 25.6 Å². The Labute approximate surface area is 157 Å². The zero-order valence-electron chi connectivity index (χ0n) is 15.1. The van der Waals surface area contributed by atoms with Crippen molar-refractivity contribution in [3.8, 4) is 0 Å². The first-order chi connectivity index (χ1) is 12.6. The first-order valence-corrected chi connectivity index (χ1v) is 9.86. The van der Waals surface area contributed by atoms with Gasteiger partial charge in [0.25, 0.3) is 0 Å². The Morgan fingerprint density at radius 2 is 2.00 bits per heavy atom. The van der Waals surface area contributed by atoms with Crippen LogP contribution in [0.15, 0.2) is 24.3 Å². The number of ether oxygens (including phenoxy) is 1. The van der Waals surface area contributed by atoms with Gasteiger partial charge >= 0.3 is 0 Å². The van der Waals surface area contributed by atoms with Crippen LogP contribution >= 0.6 is 11.8 Å². The van der Waals surface area contributed by atoms with Gasteiger partial charge in [-0.3, -0.25) is 4.79 Å². The lowest BCUT2D eigenvalue weighted by atomic mass is 10.2. The molecule has 1 aliphatic rings. The van der Waals surface area contributed by atoms with Crippen LogP contribution in [0.1, 0.15) is 25.7 Å². The normalized spacial score (nSPS) is 14.7. The minimum absolute atomic E-state index is 0.0299. The summed E-state index contributed by atoms with van der Waals surface area (Å²) in [6.45, 7) is 7.37. The number of hydrogen-bond donors (Lipinski definition) is 1. The largest absolute Gasteiger partial charge is 0.378 e. The molecular formula is C17H24N6O2S. The van der Waals surface area contributed by atoms with Crippen LogP contribution in [0.5, 0.6) is 0 Å². The van der Waals surface area contributed by atoms with E-state index in [9.17, 15) is 4.79 Å². The smallest absolute Gasteiger partial charge is 0.234 e. The predicted octanol–water partition coefficient (Wildman–Crippen LogP) is 1.96. The number of hydrogen-bond acceptors (Lipinski definition) is 7. The Morgan fingerprint density at radius 1 is 1.27 bits per heavy atom. The number of anilines is 2. The number of thioether (sulfide) groups is 1. The minimum atomic E-state index is -0.0299. The summed E-state index contributed by atoms with van der Waals surface area (Å²) in [5, 5.41) is 14.6. The molecule has 0 bridgehead atoms. The van der Waals surface area contributed by atoms with E-state index >= 15 is 0 Å². The molecule has 3 rings (SSSR count). The molecule has 2 aromatic rings. The Bertz CT molecular complexity index is 712. The van der Waals surface area contributed by atoms with E-state index in [1.165, 1.54) is 11.8 Å². The van der Waals surface area contributed by atoms with Gasteiger partial charge in [0.05, 0.1) is 30.8 Å². The number of rotatable bonds is 7. The van der Waals surface area contributed by atoms with E-state index in [0.717, 1.165) is 43.5 Å². The Morgan fingerprint density at radius 3 is 2.69 bits per heavy atom. The van der Waals surface area contributed by atoms with Crippen LogP contribution in [0.2, 0.25) is 0 Å². The number of carbonyl (C=O) groups is 1. The standard InChI is InChI=1S/C17H24N6O2S/c1-13(2)23-16(19-20-21-23)11-26-12-17(24)18-14-3-5-15(6-4-14)22-7-9-25-10-8-22/h3-6,13H,7-12H2,1-2H3,(H,18,24). The van der Waals surface area contributed by atoms with Crippen LogP contribution in [0.25, 0.3) is 0 Å². The molecule has 1 N–H and O–H groups in total. The van der Waals surface area contributed by atoms with Gasteiger partial charge in [-0.25, -0.2) is 4.68 Å². The molecule has 0 aliphatic carbocycles. The van der Waals surface area contributed by atoms with Crippen molar-refractivity contribution in [3.05, 3.63) is 30.1 Å². The number of aromatic nitrogens is 4. The van der Waals surface area contributed by atoms with Crippen molar-refractivity contribution in [1.29, 1.82) is 0 Å².